The van der Waals surface area contributed by atoms with Crippen molar-refractivity contribution in [3.05, 3.63) is 82.3 Å². The summed E-state index contributed by atoms with van der Waals surface area (Å²) in [6, 6.07) is 20.9. The maximum absolute atomic E-state index is 11.9. The van der Waals surface area contributed by atoms with Gasteiger partial charge in [-0.25, -0.2) is 4.79 Å². The Labute approximate surface area is 148 Å². The maximum atomic E-state index is 11.9. The minimum Gasteiger partial charge on any atom is -0.384 e. The number of halogens is 1. The molecule has 120 valence electrons. The van der Waals surface area contributed by atoms with Crippen LogP contribution in [0.4, 0.5) is 0 Å². The summed E-state index contributed by atoms with van der Waals surface area (Å²) < 4.78 is 0.887. The number of hydrogen-bond donors (Lipinski definition) is 1. The number of rotatable bonds is 4. The van der Waals surface area contributed by atoms with Gasteiger partial charge in [0, 0.05) is 10.9 Å². The van der Waals surface area contributed by atoms with Crippen LogP contribution in [0.2, 0.25) is 0 Å². The molecule has 0 atom stereocenters. The van der Waals surface area contributed by atoms with E-state index < -0.39 is 5.97 Å². The lowest BCUT2D eigenvalue weighted by molar-refractivity contribution is 0.0515. The maximum Gasteiger partial charge on any atom is 0.365 e. The first kappa shape index (κ1) is 16.2. The molecule has 24 heavy (non-hydrogen) atoms. The Hall–Kier alpha value is -2.66. The number of benzene rings is 3. The normalized spacial score (nSPS) is 11.5. The Kier molecular flexibility index (Phi) is 4.91. The molecule has 0 heterocycles. The van der Waals surface area contributed by atoms with E-state index in [2.05, 4.69) is 21.1 Å². The van der Waals surface area contributed by atoms with E-state index in [1.165, 1.54) is 0 Å². The summed E-state index contributed by atoms with van der Waals surface area (Å²) in [5, 5.41) is 6.00. The monoisotopic (exact) mass is 382 g/mol. The van der Waals surface area contributed by atoms with E-state index in [4.69, 9.17) is 10.6 Å². The highest BCUT2D eigenvalue weighted by Crippen LogP contribution is 2.19. The molecule has 3 rings (SSSR count). The van der Waals surface area contributed by atoms with Gasteiger partial charge in [0.2, 0.25) is 0 Å². The highest BCUT2D eigenvalue weighted by atomic mass is 79.9. The second-order valence-electron chi connectivity index (χ2n) is 5.28. The molecule has 0 aromatic heterocycles. The molecular weight excluding hydrogens is 368 g/mol. The topological polar surface area (TPSA) is 64.7 Å². The molecule has 2 N–H and O–H groups in total. The van der Waals surface area contributed by atoms with E-state index in [-0.39, 0.29) is 5.84 Å². The third-order valence-corrected chi connectivity index (χ3v) is 4.11. The van der Waals surface area contributed by atoms with Crippen molar-refractivity contribution in [2.24, 2.45) is 10.9 Å². The summed E-state index contributed by atoms with van der Waals surface area (Å²) in [7, 11) is 0. The van der Waals surface area contributed by atoms with E-state index >= 15 is 0 Å². The summed E-state index contributed by atoms with van der Waals surface area (Å²) in [6.07, 6.45) is 0.412. The minimum atomic E-state index is -0.539. The third-order valence-electron chi connectivity index (χ3n) is 3.58. The lowest BCUT2D eigenvalue weighted by Gasteiger charge is -2.06. The van der Waals surface area contributed by atoms with E-state index in [0.29, 0.717) is 12.0 Å². The van der Waals surface area contributed by atoms with Gasteiger partial charge < -0.3 is 10.6 Å². The van der Waals surface area contributed by atoms with Crippen LogP contribution in [-0.4, -0.2) is 11.8 Å². The number of oxime groups is 1. The van der Waals surface area contributed by atoms with Crippen molar-refractivity contribution >= 4 is 38.5 Å². The predicted octanol–water partition coefficient (Wildman–Crippen LogP) is 4.27. The molecule has 0 bridgehead atoms. The van der Waals surface area contributed by atoms with Crippen LogP contribution in [-0.2, 0) is 11.3 Å². The second kappa shape index (κ2) is 7.27. The quantitative estimate of drug-likeness (QED) is 0.317. The first-order chi connectivity index (χ1) is 11.6. The Bertz CT molecular complexity index is 899. The van der Waals surface area contributed by atoms with Gasteiger partial charge in [0.05, 0.1) is 5.56 Å². The molecule has 0 spiro atoms. The number of carbonyl (C=O) groups excluding carboxylic acids is 1. The largest absolute Gasteiger partial charge is 0.384 e. The fraction of sp³-hybridized carbons (Fsp3) is 0.0526. The zero-order valence-electron chi connectivity index (χ0n) is 12.8. The molecule has 0 amide bonds. The van der Waals surface area contributed by atoms with Crippen LogP contribution in [0.3, 0.4) is 0 Å². The Balaban J connectivity index is 1.72. The van der Waals surface area contributed by atoms with E-state index in [9.17, 15) is 4.79 Å². The van der Waals surface area contributed by atoms with Crippen LogP contribution < -0.4 is 5.73 Å². The molecule has 0 radical (unpaired) electrons. The molecule has 3 aromatic rings. The molecule has 0 saturated carbocycles. The summed E-state index contributed by atoms with van der Waals surface area (Å²) >= 11 is 3.31. The van der Waals surface area contributed by atoms with Crippen molar-refractivity contribution in [2.75, 3.05) is 0 Å². The average molecular weight is 383 g/mol. The Morgan fingerprint density at radius 1 is 1.00 bits per heavy atom. The van der Waals surface area contributed by atoms with Crippen molar-refractivity contribution in [3.8, 4) is 0 Å². The highest BCUT2D eigenvalue weighted by Gasteiger charge is 2.08. The number of nitrogens with zero attached hydrogens (tertiary/aromatic N) is 1. The van der Waals surface area contributed by atoms with Gasteiger partial charge in [-0.3, -0.25) is 0 Å². The smallest absolute Gasteiger partial charge is 0.365 e. The van der Waals surface area contributed by atoms with Gasteiger partial charge in [-0.15, -0.1) is 0 Å². The fourth-order valence-corrected chi connectivity index (χ4v) is 2.68. The van der Waals surface area contributed by atoms with Crippen molar-refractivity contribution in [3.63, 3.8) is 0 Å². The zero-order chi connectivity index (χ0) is 16.9. The summed E-state index contributed by atoms with van der Waals surface area (Å²) in [5.41, 5.74) is 7.37. The first-order valence-corrected chi connectivity index (χ1v) is 8.18. The number of carbonyl (C=O) groups is 1. The van der Waals surface area contributed by atoms with Gasteiger partial charge >= 0.3 is 5.97 Å². The molecule has 5 heteroatoms. The van der Waals surface area contributed by atoms with Gasteiger partial charge in [-0.05, 0) is 40.6 Å². The van der Waals surface area contributed by atoms with Crippen LogP contribution in [0.25, 0.3) is 10.8 Å². The third kappa shape index (κ3) is 3.81. The Morgan fingerprint density at radius 2 is 1.71 bits per heavy atom. The zero-order valence-corrected chi connectivity index (χ0v) is 14.4. The molecule has 0 saturated heterocycles. The van der Waals surface area contributed by atoms with Crippen molar-refractivity contribution in [1.82, 2.24) is 0 Å². The number of fused-ring (bicyclic) bond motifs is 1. The van der Waals surface area contributed by atoms with Gasteiger partial charge in [0.25, 0.3) is 0 Å². The summed E-state index contributed by atoms with van der Waals surface area (Å²) in [4.78, 5) is 16.8. The Morgan fingerprint density at radius 3 is 2.50 bits per heavy atom. The van der Waals surface area contributed by atoms with E-state index in [1.807, 2.05) is 42.5 Å². The predicted molar refractivity (Wildman–Crippen MR) is 98.8 cm³/mol. The minimum absolute atomic E-state index is 0.247. The molecule has 4 nitrogen and oxygen atoms in total. The highest BCUT2D eigenvalue weighted by molar-refractivity contribution is 9.10. The fourth-order valence-electron chi connectivity index (χ4n) is 2.41. The number of amidine groups is 1. The summed E-state index contributed by atoms with van der Waals surface area (Å²) in [5.74, 6) is -0.291. The van der Waals surface area contributed by atoms with E-state index in [0.717, 1.165) is 20.8 Å². The molecule has 0 fully saturated rings. The van der Waals surface area contributed by atoms with Gasteiger partial charge in [-0.2, -0.15) is 0 Å². The SMILES string of the molecule is N/C(Cc1cccc2ccccc12)=N/OC(=O)c1ccc(Br)cc1. The number of nitrogens with two attached hydrogens (primary N) is 1. The molecule has 0 aliphatic carbocycles. The summed E-state index contributed by atoms with van der Waals surface area (Å²) in [6.45, 7) is 0. The number of hydrogen-bond acceptors (Lipinski definition) is 3. The molecule has 3 aromatic carbocycles. The van der Waals surface area contributed by atoms with Crippen molar-refractivity contribution in [2.45, 2.75) is 6.42 Å². The van der Waals surface area contributed by atoms with Gasteiger partial charge in [0.15, 0.2) is 0 Å². The van der Waals surface area contributed by atoms with Crippen LogP contribution in [0, 0.1) is 0 Å². The van der Waals surface area contributed by atoms with E-state index in [1.54, 1.807) is 24.3 Å². The molecule has 0 aliphatic rings. The standard InChI is InChI=1S/C19H15BrN2O2/c20-16-10-8-14(9-11-16)19(23)24-22-18(21)12-15-6-3-5-13-4-1-2-7-17(13)15/h1-11H,12H2,(H2,21,22). The first-order valence-electron chi connectivity index (χ1n) is 7.39. The van der Waals surface area contributed by atoms with Crippen LogP contribution in [0.1, 0.15) is 15.9 Å². The van der Waals surface area contributed by atoms with Crippen LogP contribution in [0.5, 0.6) is 0 Å². The average Bonchev–Trinajstić information content (AvgIpc) is 2.61. The molecule has 0 aliphatic heterocycles. The van der Waals surface area contributed by atoms with Gasteiger partial charge in [-0.1, -0.05) is 63.6 Å². The van der Waals surface area contributed by atoms with Crippen LogP contribution >= 0.6 is 15.9 Å². The van der Waals surface area contributed by atoms with Gasteiger partial charge in [0.1, 0.15) is 5.84 Å². The van der Waals surface area contributed by atoms with Crippen molar-refractivity contribution in [1.29, 1.82) is 0 Å². The lowest BCUT2D eigenvalue weighted by Crippen LogP contribution is -2.17. The molecular formula is C19H15BrN2O2. The second-order valence-corrected chi connectivity index (χ2v) is 6.20. The lowest BCUT2D eigenvalue weighted by atomic mass is 10.0. The van der Waals surface area contributed by atoms with Crippen LogP contribution in [0.15, 0.2) is 76.4 Å². The van der Waals surface area contributed by atoms with Crippen molar-refractivity contribution < 1.29 is 9.63 Å². The molecule has 0 unspecified atom stereocenters.